The maximum atomic E-state index is 11.7. The average molecular weight is 577 g/mol. The highest BCUT2D eigenvalue weighted by Gasteiger charge is 2.31. The summed E-state index contributed by atoms with van der Waals surface area (Å²) in [6, 6.07) is 19.5. The first-order valence-corrected chi connectivity index (χ1v) is 16.0. The van der Waals surface area contributed by atoms with E-state index in [1.165, 1.54) is 31.8 Å². The Balaban J connectivity index is 0.000000420. The van der Waals surface area contributed by atoms with Gasteiger partial charge in [-0.1, -0.05) is 147 Å². The Hall–Kier alpha value is -3.14. The second kappa shape index (κ2) is 21.5. The van der Waals surface area contributed by atoms with Crippen LogP contribution < -0.4 is 0 Å². The van der Waals surface area contributed by atoms with Crippen molar-refractivity contribution < 1.29 is 19.4 Å². The zero-order valence-electron chi connectivity index (χ0n) is 27.1. The molecule has 1 N–H and O–H groups in total. The molecule has 232 valence electrons. The molecule has 0 aliphatic heterocycles. The SMILES string of the molecule is CC(C)CCCCCCCOC(=O)C=Cc1ccccc1.CCC(C)(CCCC(C)C)C(=Cc1ccccc1)C(=O)O. The van der Waals surface area contributed by atoms with E-state index < -0.39 is 5.97 Å². The van der Waals surface area contributed by atoms with Crippen LogP contribution in [0.1, 0.15) is 117 Å². The van der Waals surface area contributed by atoms with E-state index in [0.29, 0.717) is 18.1 Å². The molecule has 0 heterocycles. The number of benzene rings is 2. The van der Waals surface area contributed by atoms with Crippen LogP contribution in [0.5, 0.6) is 0 Å². The van der Waals surface area contributed by atoms with Crippen LogP contribution in [0.4, 0.5) is 0 Å². The van der Waals surface area contributed by atoms with E-state index in [-0.39, 0.29) is 11.4 Å². The van der Waals surface area contributed by atoms with Crippen LogP contribution in [0, 0.1) is 17.3 Å². The summed E-state index contributed by atoms with van der Waals surface area (Å²) in [5.74, 6) is 0.422. The largest absolute Gasteiger partial charge is 0.478 e. The van der Waals surface area contributed by atoms with E-state index in [2.05, 4.69) is 41.5 Å². The number of carboxylic acid groups (broad SMARTS) is 1. The van der Waals surface area contributed by atoms with Crippen molar-refractivity contribution in [3.8, 4) is 0 Å². The van der Waals surface area contributed by atoms with Gasteiger partial charge >= 0.3 is 11.9 Å². The van der Waals surface area contributed by atoms with Gasteiger partial charge in [0.2, 0.25) is 0 Å². The van der Waals surface area contributed by atoms with Gasteiger partial charge in [0, 0.05) is 11.6 Å². The summed E-state index contributed by atoms with van der Waals surface area (Å²) in [5.41, 5.74) is 2.23. The van der Waals surface area contributed by atoms with Crippen LogP contribution in [-0.4, -0.2) is 23.7 Å². The highest BCUT2D eigenvalue weighted by Crippen LogP contribution is 2.38. The predicted octanol–water partition coefficient (Wildman–Crippen LogP) is 10.6. The molecule has 42 heavy (non-hydrogen) atoms. The van der Waals surface area contributed by atoms with Crippen LogP contribution >= 0.6 is 0 Å². The van der Waals surface area contributed by atoms with Crippen LogP contribution in [0.3, 0.4) is 0 Å². The summed E-state index contributed by atoms with van der Waals surface area (Å²) in [4.78, 5) is 23.3. The molecule has 2 aromatic rings. The van der Waals surface area contributed by atoms with Gasteiger partial charge in [0.15, 0.2) is 0 Å². The lowest BCUT2D eigenvalue weighted by Gasteiger charge is -2.29. The van der Waals surface area contributed by atoms with Gasteiger partial charge < -0.3 is 9.84 Å². The number of carboxylic acids is 1. The zero-order chi connectivity index (χ0) is 31.2. The Kier molecular flexibility index (Phi) is 18.9. The van der Waals surface area contributed by atoms with Crippen LogP contribution in [0.2, 0.25) is 0 Å². The first-order chi connectivity index (χ1) is 20.1. The molecule has 0 saturated heterocycles. The molecule has 1 atom stereocenters. The average Bonchev–Trinajstić information content (AvgIpc) is 2.97. The summed E-state index contributed by atoms with van der Waals surface area (Å²) in [6.07, 6.45) is 16.4. The van der Waals surface area contributed by atoms with Gasteiger partial charge in [-0.2, -0.15) is 0 Å². The molecule has 4 heteroatoms. The smallest absolute Gasteiger partial charge is 0.332 e. The second-order valence-electron chi connectivity index (χ2n) is 12.3. The Morgan fingerprint density at radius 1 is 0.786 bits per heavy atom. The van der Waals surface area contributed by atoms with Gasteiger partial charge in [-0.25, -0.2) is 9.59 Å². The molecule has 0 radical (unpaired) electrons. The Bertz CT molecular complexity index is 1050. The van der Waals surface area contributed by atoms with E-state index in [1.54, 1.807) is 6.08 Å². The molecular weight excluding hydrogens is 520 g/mol. The maximum Gasteiger partial charge on any atom is 0.332 e. The molecule has 0 fully saturated rings. The highest BCUT2D eigenvalue weighted by atomic mass is 16.5. The van der Waals surface area contributed by atoms with Crippen molar-refractivity contribution in [2.45, 2.75) is 106 Å². The third-order valence-electron chi connectivity index (χ3n) is 7.66. The Labute approximate surface area is 256 Å². The van der Waals surface area contributed by atoms with E-state index in [4.69, 9.17) is 4.74 Å². The molecule has 0 spiro atoms. The zero-order valence-corrected chi connectivity index (χ0v) is 27.1. The molecule has 0 aliphatic rings. The van der Waals surface area contributed by atoms with Crippen molar-refractivity contribution in [3.05, 3.63) is 83.4 Å². The molecule has 0 amide bonds. The molecule has 2 rings (SSSR count). The fourth-order valence-corrected chi connectivity index (χ4v) is 4.75. The number of unbranched alkanes of at least 4 members (excludes halogenated alkanes) is 4. The van der Waals surface area contributed by atoms with Gasteiger partial charge in [0.1, 0.15) is 0 Å². The standard InChI is InChI=1S/2C19H28O2/c1-5-19(4,13-9-10-15(2)3)17(18(20)21)14-16-11-7-6-8-12-16;1-17(2)11-7-4-3-5-10-16-21-19(20)15-14-18-12-8-6-9-13-18/h6-8,11-12,14-15H,5,9-10,13H2,1-4H3,(H,20,21);6,8-9,12-15,17H,3-5,7,10-11,16H2,1-2H3. The van der Waals surface area contributed by atoms with Crippen LogP contribution in [0.15, 0.2) is 72.3 Å². The van der Waals surface area contributed by atoms with Gasteiger partial charge in [-0.15, -0.1) is 0 Å². The fourth-order valence-electron chi connectivity index (χ4n) is 4.75. The van der Waals surface area contributed by atoms with E-state index in [9.17, 15) is 14.7 Å². The van der Waals surface area contributed by atoms with Crippen LogP contribution in [-0.2, 0) is 14.3 Å². The van der Waals surface area contributed by atoms with Crippen LogP contribution in [0.25, 0.3) is 12.2 Å². The molecular formula is C38H56O4. The number of carbonyl (C=O) groups is 2. The van der Waals surface area contributed by atoms with E-state index >= 15 is 0 Å². The summed E-state index contributed by atoms with van der Waals surface area (Å²) in [6.45, 7) is 13.6. The lowest BCUT2D eigenvalue weighted by atomic mass is 9.74. The minimum atomic E-state index is -0.798. The molecule has 2 aromatic carbocycles. The highest BCUT2D eigenvalue weighted by molar-refractivity contribution is 5.93. The summed E-state index contributed by atoms with van der Waals surface area (Å²) in [5, 5.41) is 9.64. The third kappa shape index (κ3) is 17.0. The van der Waals surface area contributed by atoms with Crippen molar-refractivity contribution in [2.75, 3.05) is 6.61 Å². The lowest BCUT2D eigenvalue weighted by Crippen LogP contribution is -2.24. The molecule has 0 aromatic heterocycles. The van der Waals surface area contributed by atoms with Crippen molar-refractivity contribution >= 4 is 24.1 Å². The summed E-state index contributed by atoms with van der Waals surface area (Å²) in [7, 11) is 0. The molecule has 0 saturated carbocycles. The number of rotatable bonds is 18. The number of carbonyl (C=O) groups excluding carboxylic acids is 1. The maximum absolute atomic E-state index is 11.7. The molecule has 4 nitrogen and oxygen atoms in total. The second-order valence-corrected chi connectivity index (χ2v) is 12.3. The van der Waals surface area contributed by atoms with Gasteiger partial charge in [0.25, 0.3) is 0 Å². The quantitative estimate of drug-likeness (QED) is 0.109. The number of hydrogen-bond acceptors (Lipinski definition) is 3. The third-order valence-corrected chi connectivity index (χ3v) is 7.66. The normalized spacial score (nSPS) is 13.1. The fraction of sp³-hybridized carbons (Fsp3) is 0.526. The number of hydrogen-bond donors (Lipinski definition) is 1. The summed E-state index contributed by atoms with van der Waals surface area (Å²) < 4.78 is 5.18. The minimum absolute atomic E-state index is 0.251. The topological polar surface area (TPSA) is 63.6 Å². The number of aliphatic carboxylic acids is 1. The van der Waals surface area contributed by atoms with E-state index in [0.717, 1.165) is 55.6 Å². The van der Waals surface area contributed by atoms with Crippen molar-refractivity contribution in [3.63, 3.8) is 0 Å². The first-order valence-electron chi connectivity index (χ1n) is 16.0. The van der Waals surface area contributed by atoms with Crippen molar-refractivity contribution in [2.24, 2.45) is 17.3 Å². The van der Waals surface area contributed by atoms with E-state index in [1.807, 2.05) is 66.7 Å². The Morgan fingerprint density at radius 3 is 1.86 bits per heavy atom. The molecule has 0 aliphatic carbocycles. The molecule has 0 bridgehead atoms. The van der Waals surface area contributed by atoms with Crippen molar-refractivity contribution in [1.29, 1.82) is 0 Å². The number of esters is 1. The predicted molar refractivity (Wildman–Crippen MR) is 178 cm³/mol. The Morgan fingerprint density at radius 2 is 1.31 bits per heavy atom. The minimum Gasteiger partial charge on any atom is -0.478 e. The monoisotopic (exact) mass is 576 g/mol. The van der Waals surface area contributed by atoms with Gasteiger partial charge in [-0.05, 0) is 59.8 Å². The van der Waals surface area contributed by atoms with Gasteiger partial charge in [-0.3, -0.25) is 0 Å². The van der Waals surface area contributed by atoms with Crippen molar-refractivity contribution in [1.82, 2.24) is 0 Å². The number of ether oxygens (including phenoxy) is 1. The van der Waals surface area contributed by atoms with Gasteiger partial charge in [0.05, 0.1) is 6.61 Å². The lowest BCUT2D eigenvalue weighted by molar-refractivity contribution is -0.138. The summed E-state index contributed by atoms with van der Waals surface area (Å²) >= 11 is 0. The molecule has 1 unspecified atom stereocenters. The first kappa shape index (κ1) is 36.9.